The largest absolute Gasteiger partial charge is 0.337 e. The molecule has 0 radical (unpaired) electrons. The van der Waals surface area contributed by atoms with Crippen molar-refractivity contribution in [3.05, 3.63) is 98.8 Å². The first-order chi connectivity index (χ1) is 14.1. The number of carbonyl (C=O) groups excluding carboxylic acids is 1. The van der Waals surface area contributed by atoms with Crippen LogP contribution in [0.3, 0.4) is 0 Å². The van der Waals surface area contributed by atoms with Gasteiger partial charge in [0, 0.05) is 6.20 Å². The summed E-state index contributed by atoms with van der Waals surface area (Å²) in [6, 6.07) is 18.7. The van der Waals surface area contributed by atoms with Crippen molar-refractivity contribution in [1.29, 1.82) is 0 Å². The Kier molecular flexibility index (Phi) is 4.97. The zero-order chi connectivity index (χ0) is 20.4. The number of benzene rings is 2. The molecule has 2 aromatic heterocycles. The number of halogens is 1. The molecule has 1 amide bonds. The Hall–Kier alpha value is -3.71. The van der Waals surface area contributed by atoms with Crippen LogP contribution < -0.4 is 16.6 Å². The van der Waals surface area contributed by atoms with E-state index in [1.165, 1.54) is 10.8 Å². The van der Waals surface area contributed by atoms with E-state index >= 15 is 0 Å². The van der Waals surface area contributed by atoms with Crippen molar-refractivity contribution in [3.63, 3.8) is 0 Å². The van der Waals surface area contributed by atoms with Crippen LogP contribution in [-0.4, -0.2) is 20.0 Å². The molecule has 0 saturated heterocycles. The molecular formula is C21H15ClN4O3. The molecule has 4 rings (SSSR count). The van der Waals surface area contributed by atoms with Gasteiger partial charge in [0.2, 0.25) is 5.91 Å². The highest BCUT2D eigenvalue weighted by molar-refractivity contribution is 6.33. The Labute approximate surface area is 169 Å². The van der Waals surface area contributed by atoms with E-state index in [9.17, 15) is 14.4 Å². The molecule has 1 N–H and O–H groups in total. The van der Waals surface area contributed by atoms with Gasteiger partial charge in [0.1, 0.15) is 6.54 Å². The van der Waals surface area contributed by atoms with E-state index in [0.717, 1.165) is 4.57 Å². The van der Waals surface area contributed by atoms with Crippen LogP contribution in [0.25, 0.3) is 16.7 Å². The zero-order valence-corrected chi connectivity index (χ0v) is 15.8. The summed E-state index contributed by atoms with van der Waals surface area (Å²) in [5.41, 5.74) is -0.0581. The molecule has 0 unspecified atom stereocenters. The molecule has 2 heterocycles. The summed E-state index contributed by atoms with van der Waals surface area (Å²) in [6.45, 7) is -0.458. The number of anilines is 1. The third kappa shape index (κ3) is 3.55. The second-order valence-electron chi connectivity index (χ2n) is 6.25. The highest BCUT2D eigenvalue weighted by atomic mass is 35.5. The maximum absolute atomic E-state index is 13.1. The van der Waals surface area contributed by atoms with Crippen molar-refractivity contribution in [3.8, 4) is 5.69 Å². The van der Waals surface area contributed by atoms with Crippen molar-refractivity contribution in [2.45, 2.75) is 6.54 Å². The van der Waals surface area contributed by atoms with Crippen LogP contribution in [0, 0.1) is 0 Å². The number of rotatable bonds is 4. The van der Waals surface area contributed by atoms with Crippen LogP contribution in [-0.2, 0) is 11.3 Å². The molecular weight excluding hydrogens is 392 g/mol. The molecule has 2 aromatic carbocycles. The quantitative estimate of drug-likeness (QED) is 0.564. The summed E-state index contributed by atoms with van der Waals surface area (Å²) in [5, 5.41) is 3.22. The number of aromatic nitrogens is 3. The van der Waals surface area contributed by atoms with Crippen molar-refractivity contribution >= 4 is 34.2 Å². The summed E-state index contributed by atoms with van der Waals surface area (Å²) >= 11 is 6.06. The van der Waals surface area contributed by atoms with Crippen LogP contribution in [0.4, 0.5) is 5.69 Å². The molecule has 144 valence electrons. The van der Waals surface area contributed by atoms with E-state index in [1.54, 1.807) is 60.7 Å². The minimum Gasteiger partial charge on any atom is -0.323 e. The van der Waals surface area contributed by atoms with Gasteiger partial charge in [-0.3, -0.25) is 9.59 Å². The third-order valence-electron chi connectivity index (χ3n) is 4.36. The molecule has 0 aliphatic rings. The van der Waals surface area contributed by atoms with Crippen molar-refractivity contribution in [2.75, 3.05) is 5.32 Å². The van der Waals surface area contributed by atoms with Gasteiger partial charge < -0.3 is 5.32 Å². The molecule has 4 aromatic rings. The zero-order valence-electron chi connectivity index (χ0n) is 15.1. The molecule has 0 fully saturated rings. The van der Waals surface area contributed by atoms with Gasteiger partial charge in [-0.15, -0.1) is 0 Å². The van der Waals surface area contributed by atoms with Crippen molar-refractivity contribution < 1.29 is 4.79 Å². The summed E-state index contributed by atoms with van der Waals surface area (Å²) in [7, 11) is 0. The fourth-order valence-electron chi connectivity index (χ4n) is 3.03. The first kappa shape index (κ1) is 18.6. The van der Waals surface area contributed by atoms with Gasteiger partial charge in [0.25, 0.3) is 5.56 Å². The van der Waals surface area contributed by atoms with Crippen LogP contribution in [0.5, 0.6) is 0 Å². The highest BCUT2D eigenvalue weighted by Gasteiger charge is 2.17. The Morgan fingerprint density at radius 1 is 0.966 bits per heavy atom. The number of nitrogens with one attached hydrogen (secondary N) is 1. The Bertz CT molecular complexity index is 1330. The van der Waals surface area contributed by atoms with E-state index < -0.39 is 23.7 Å². The minimum absolute atomic E-state index is 0.233. The topological polar surface area (TPSA) is 86.0 Å². The fraction of sp³-hybridized carbons (Fsp3) is 0.0476. The Balaban J connectivity index is 1.83. The summed E-state index contributed by atoms with van der Waals surface area (Å²) < 4.78 is 2.21. The first-order valence-corrected chi connectivity index (χ1v) is 9.14. The monoisotopic (exact) mass is 406 g/mol. The van der Waals surface area contributed by atoms with Gasteiger partial charge in [-0.1, -0.05) is 41.9 Å². The summed E-state index contributed by atoms with van der Waals surface area (Å²) in [4.78, 5) is 42.8. The number of nitrogens with zero attached hydrogens (tertiary/aromatic N) is 3. The summed E-state index contributed by atoms with van der Waals surface area (Å²) in [5.74, 6) is -0.542. The predicted octanol–water partition coefficient (Wildman–Crippen LogP) is 2.84. The van der Waals surface area contributed by atoms with Crippen molar-refractivity contribution in [2.24, 2.45) is 0 Å². The Morgan fingerprint density at radius 2 is 1.69 bits per heavy atom. The highest BCUT2D eigenvalue weighted by Crippen LogP contribution is 2.20. The van der Waals surface area contributed by atoms with Gasteiger partial charge in [0.05, 0.1) is 21.8 Å². The number of para-hydroxylation sites is 2. The number of fused-ring (bicyclic) bond motifs is 1. The van der Waals surface area contributed by atoms with E-state index in [0.29, 0.717) is 16.4 Å². The van der Waals surface area contributed by atoms with Crippen LogP contribution in [0.1, 0.15) is 0 Å². The Morgan fingerprint density at radius 3 is 2.45 bits per heavy atom. The second-order valence-corrected chi connectivity index (χ2v) is 6.65. The van der Waals surface area contributed by atoms with Crippen molar-refractivity contribution in [1.82, 2.24) is 14.1 Å². The second kappa shape index (κ2) is 7.73. The lowest BCUT2D eigenvalue weighted by Crippen LogP contribution is -2.42. The third-order valence-corrected chi connectivity index (χ3v) is 4.69. The standard InChI is InChI=1S/C21H15ClN4O3/c22-16-10-4-5-11-17(16)24-18(27)13-25-20(28)15-9-6-12-23-19(15)26(21(25)29)14-7-2-1-3-8-14/h1-12H,13H2,(H,24,27). The maximum Gasteiger partial charge on any atom is 0.337 e. The molecule has 8 heteroatoms. The average Bonchev–Trinajstić information content (AvgIpc) is 2.74. The molecule has 0 aliphatic carbocycles. The number of hydrogen-bond donors (Lipinski definition) is 1. The van der Waals surface area contributed by atoms with Crippen LogP contribution in [0.2, 0.25) is 5.02 Å². The molecule has 0 spiro atoms. The molecule has 29 heavy (non-hydrogen) atoms. The first-order valence-electron chi connectivity index (χ1n) is 8.76. The molecule has 0 atom stereocenters. The van der Waals surface area contributed by atoms with E-state index in [2.05, 4.69) is 10.3 Å². The average molecular weight is 407 g/mol. The lowest BCUT2D eigenvalue weighted by molar-refractivity contribution is -0.116. The van der Waals surface area contributed by atoms with Gasteiger partial charge in [0.15, 0.2) is 5.65 Å². The van der Waals surface area contributed by atoms with Gasteiger partial charge in [-0.05, 0) is 36.4 Å². The van der Waals surface area contributed by atoms with Gasteiger partial charge >= 0.3 is 5.69 Å². The SMILES string of the molecule is O=C(Cn1c(=O)c2cccnc2n(-c2ccccc2)c1=O)Nc1ccccc1Cl. The van der Waals surface area contributed by atoms with Crippen LogP contribution in [0.15, 0.2) is 82.5 Å². The molecule has 7 nitrogen and oxygen atoms in total. The molecule has 0 bridgehead atoms. The lowest BCUT2D eigenvalue weighted by atomic mass is 10.3. The van der Waals surface area contributed by atoms with Crippen LogP contribution >= 0.6 is 11.6 Å². The van der Waals surface area contributed by atoms with Gasteiger partial charge in [-0.2, -0.15) is 0 Å². The van der Waals surface area contributed by atoms with E-state index in [4.69, 9.17) is 11.6 Å². The molecule has 0 aliphatic heterocycles. The van der Waals surface area contributed by atoms with E-state index in [1.807, 2.05) is 6.07 Å². The maximum atomic E-state index is 13.1. The molecule has 0 saturated carbocycles. The number of carbonyl (C=O) groups is 1. The lowest BCUT2D eigenvalue weighted by Gasteiger charge is -2.13. The minimum atomic E-state index is -0.651. The number of amides is 1. The van der Waals surface area contributed by atoms with E-state index in [-0.39, 0.29) is 11.0 Å². The smallest absolute Gasteiger partial charge is 0.323 e. The number of pyridine rings is 1. The number of hydrogen-bond acceptors (Lipinski definition) is 4. The fourth-order valence-corrected chi connectivity index (χ4v) is 3.21. The normalized spacial score (nSPS) is 10.8. The summed E-state index contributed by atoms with van der Waals surface area (Å²) in [6.07, 6.45) is 1.51. The van der Waals surface area contributed by atoms with Gasteiger partial charge in [-0.25, -0.2) is 18.9 Å². The predicted molar refractivity (Wildman–Crippen MR) is 112 cm³/mol.